The van der Waals surface area contributed by atoms with Gasteiger partial charge in [0.05, 0.1) is 12.3 Å². The van der Waals surface area contributed by atoms with Crippen LogP contribution < -0.4 is 0 Å². The largest absolute Gasteiger partial charge is 0.449 e. The van der Waals surface area contributed by atoms with E-state index in [4.69, 9.17) is 4.74 Å². The highest BCUT2D eigenvalue weighted by atomic mass is 16.6. The third-order valence-electron chi connectivity index (χ3n) is 7.49. The summed E-state index contributed by atoms with van der Waals surface area (Å²) in [6, 6.07) is 6.84. The smallest absolute Gasteiger partial charge is 0.409 e. The number of carbonyl (C=O) groups excluding carboxylic acids is 1. The average Bonchev–Trinajstić information content (AvgIpc) is 3.49. The highest BCUT2D eigenvalue weighted by Gasteiger charge is 2.26. The van der Waals surface area contributed by atoms with E-state index in [-0.39, 0.29) is 6.09 Å². The molecule has 35 heavy (non-hydrogen) atoms. The number of hydrogen-bond acceptors (Lipinski definition) is 4. The van der Waals surface area contributed by atoms with Gasteiger partial charge in [0.1, 0.15) is 6.33 Å². The number of aromatic nitrogens is 4. The van der Waals surface area contributed by atoms with Crippen molar-refractivity contribution in [2.75, 3.05) is 19.7 Å². The van der Waals surface area contributed by atoms with E-state index in [1.54, 1.807) is 6.33 Å². The molecule has 1 fully saturated rings. The number of rotatable bonds is 5. The summed E-state index contributed by atoms with van der Waals surface area (Å²) < 4.78 is 7.20. The van der Waals surface area contributed by atoms with Crippen LogP contribution in [0, 0.1) is 13.8 Å². The summed E-state index contributed by atoms with van der Waals surface area (Å²) in [6.07, 6.45) is 6.31. The van der Waals surface area contributed by atoms with Crippen LogP contribution in [0.3, 0.4) is 0 Å². The Morgan fingerprint density at radius 1 is 1.20 bits per heavy atom. The quantitative estimate of drug-likeness (QED) is 0.367. The van der Waals surface area contributed by atoms with E-state index in [2.05, 4.69) is 67.2 Å². The third kappa shape index (κ3) is 4.17. The Bertz CT molecular complexity index is 1380. The minimum absolute atomic E-state index is 0.173. The maximum absolute atomic E-state index is 12.2. The predicted molar refractivity (Wildman–Crippen MR) is 139 cm³/mol. The molecule has 1 aliphatic rings. The first-order valence-electron chi connectivity index (χ1n) is 12.8. The lowest BCUT2D eigenvalue weighted by atomic mass is 9.87. The number of pyridine rings is 1. The van der Waals surface area contributed by atoms with Crippen LogP contribution in [0.5, 0.6) is 0 Å². The van der Waals surface area contributed by atoms with Crippen LogP contribution in [-0.4, -0.2) is 50.3 Å². The fourth-order valence-corrected chi connectivity index (χ4v) is 5.43. The van der Waals surface area contributed by atoms with Gasteiger partial charge in [-0.3, -0.25) is 0 Å². The van der Waals surface area contributed by atoms with Crippen molar-refractivity contribution in [3.8, 4) is 11.3 Å². The molecule has 1 N–H and O–H groups in total. The molecule has 0 radical (unpaired) electrons. The monoisotopic (exact) mass is 473 g/mol. The van der Waals surface area contributed by atoms with Crippen LogP contribution in [0.15, 0.2) is 30.7 Å². The predicted octanol–water partition coefficient (Wildman–Crippen LogP) is 6.34. The van der Waals surface area contributed by atoms with Crippen molar-refractivity contribution in [2.24, 2.45) is 0 Å². The normalized spacial score (nSPS) is 15.0. The van der Waals surface area contributed by atoms with Crippen molar-refractivity contribution in [1.29, 1.82) is 0 Å². The molecule has 0 unspecified atom stereocenters. The molecule has 4 heterocycles. The lowest BCUT2D eigenvalue weighted by molar-refractivity contribution is 0.0927. The molecule has 1 aromatic carbocycles. The second-order valence-electron chi connectivity index (χ2n) is 10.1. The summed E-state index contributed by atoms with van der Waals surface area (Å²) in [5.74, 6) is 0.804. The summed E-state index contributed by atoms with van der Waals surface area (Å²) in [5, 5.41) is 5.69. The van der Waals surface area contributed by atoms with E-state index >= 15 is 0 Å². The maximum Gasteiger partial charge on any atom is 0.409 e. The number of aromatic amines is 1. The van der Waals surface area contributed by atoms with Gasteiger partial charge in [-0.15, -0.1) is 0 Å². The van der Waals surface area contributed by atoms with Crippen LogP contribution in [0.1, 0.15) is 74.1 Å². The van der Waals surface area contributed by atoms with Gasteiger partial charge >= 0.3 is 6.09 Å². The molecular formula is C28H35N5O2. The zero-order chi connectivity index (χ0) is 24.7. The summed E-state index contributed by atoms with van der Waals surface area (Å²) in [5.41, 5.74) is 9.46. The molecule has 184 valence electrons. The number of ether oxygens (including phenoxy) is 1. The molecule has 1 amide bonds. The molecule has 0 atom stereocenters. The first-order valence-corrected chi connectivity index (χ1v) is 12.8. The van der Waals surface area contributed by atoms with Gasteiger partial charge in [0.25, 0.3) is 0 Å². The van der Waals surface area contributed by atoms with Gasteiger partial charge in [0.2, 0.25) is 0 Å². The number of carbonyl (C=O) groups is 1. The van der Waals surface area contributed by atoms with Crippen molar-refractivity contribution < 1.29 is 9.53 Å². The number of H-pyrrole nitrogens is 1. The van der Waals surface area contributed by atoms with Crippen LogP contribution in [-0.2, 0) is 4.74 Å². The highest BCUT2D eigenvalue weighted by Crippen LogP contribution is 2.40. The Balaban J connectivity index is 1.49. The minimum Gasteiger partial charge on any atom is -0.449 e. The number of aryl methyl sites for hydroxylation is 1. The van der Waals surface area contributed by atoms with Crippen molar-refractivity contribution in [3.63, 3.8) is 0 Å². The number of benzene rings is 1. The average molecular weight is 474 g/mol. The number of amides is 1. The zero-order valence-electron chi connectivity index (χ0n) is 21.4. The topological polar surface area (TPSA) is 75.5 Å². The molecule has 3 aromatic heterocycles. The number of nitrogens with one attached hydrogen (secondary N) is 1. The molecule has 0 bridgehead atoms. The van der Waals surface area contributed by atoms with Crippen molar-refractivity contribution in [3.05, 3.63) is 53.0 Å². The van der Waals surface area contributed by atoms with Crippen LogP contribution in [0.2, 0.25) is 0 Å². The van der Waals surface area contributed by atoms with Gasteiger partial charge in [0, 0.05) is 35.8 Å². The van der Waals surface area contributed by atoms with Crippen molar-refractivity contribution in [2.45, 2.75) is 65.7 Å². The van der Waals surface area contributed by atoms with Gasteiger partial charge < -0.3 is 14.6 Å². The summed E-state index contributed by atoms with van der Waals surface area (Å²) in [7, 11) is 0. The molecule has 0 spiro atoms. The van der Waals surface area contributed by atoms with E-state index in [1.807, 2.05) is 16.3 Å². The molecule has 4 aromatic rings. The first-order chi connectivity index (χ1) is 16.9. The van der Waals surface area contributed by atoms with Crippen LogP contribution in [0.25, 0.3) is 27.8 Å². The van der Waals surface area contributed by atoms with E-state index in [0.717, 1.165) is 49.1 Å². The Morgan fingerprint density at radius 2 is 1.97 bits per heavy atom. The van der Waals surface area contributed by atoms with Crippen LogP contribution >= 0.6 is 0 Å². The zero-order valence-corrected chi connectivity index (χ0v) is 21.4. The fraction of sp³-hybridized carbons (Fsp3) is 0.464. The third-order valence-corrected chi connectivity index (χ3v) is 7.49. The van der Waals surface area contributed by atoms with Crippen molar-refractivity contribution >= 4 is 22.6 Å². The lowest BCUT2D eigenvalue weighted by Gasteiger charge is -2.31. The summed E-state index contributed by atoms with van der Waals surface area (Å²) >= 11 is 0. The molecule has 7 nitrogen and oxygen atoms in total. The standard InChI is InChI=1S/C28H35N5O2/c1-6-13-35-28(34)32-11-9-20(10-12-32)21-7-8-24-22(14-21)25(17(2)3)26(31-24)23-15-33-27(29-16-30-33)19(5)18(23)4/h7-8,14-17,20,31H,6,9-13H2,1-5H3. The van der Waals surface area contributed by atoms with Gasteiger partial charge in [-0.25, -0.2) is 14.3 Å². The number of piperidine rings is 1. The van der Waals surface area contributed by atoms with Crippen molar-refractivity contribution in [1.82, 2.24) is 24.5 Å². The minimum atomic E-state index is -0.173. The number of likely N-dealkylation sites (tertiary alicyclic amines) is 1. The van der Waals surface area contributed by atoms with Gasteiger partial charge in [-0.05, 0) is 79.3 Å². The molecule has 0 saturated carbocycles. The molecular weight excluding hydrogens is 438 g/mol. The second kappa shape index (κ2) is 9.36. The van der Waals surface area contributed by atoms with Gasteiger partial charge in [-0.2, -0.15) is 5.10 Å². The molecule has 5 rings (SSSR count). The number of nitrogens with zero attached hydrogens (tertiary/aromatic N) is 4. The second-order valence-corrected chi connectivity index (χ2v) is 10.1. The van der Waals surface area contributed by atoms with Crippen LogP contribution in [0.4, 0.5) is 4.79 Å². The van der Waals surface area contributed by atoms with E-state index in [0.29, 0.717) is 18.4 Å². The molecule has 1 saturated heterocycles. The SMILES string of the molecule is CCCOC(=O)N1CCC(c2ccc3[nH]c(-c4cn5ncnc5c(C)c4C)c(C(C)C)c3c2)CC1. The Labute approximate surface area is 206 Å². The Kier molecular flexibility index (Phi) is 6.26. The van der Waals surface area contributed by atoms with Gasteiger partial charge in [0.15, 0.2) is 5.65 Å². The Morgan fingerprint density at radius 3 is 2.69 bits per heavy atom. The molecule has 7 heteroatoms. The van der Waals surface area contributed by atoms with Gasteiger partial charge in [-0.1, -0.05) is 26.8 Å². The fourth-order valence-electron chi connectivity index (χ4n) is 5.43. The number of hydrogen-bond donors (Lipinski definition) is 1. The molecule has 1 aliphatic heterocycles. The molecule has 0 aliphatic carbocycles. The Hall–Kier alpha value is -3.35. The lowest BCUT2D eigenvalue weighted by Crippen LogP contribution is -2.38. The first kappa shape index (κ1) is 23.4. The summed E-state index contributed by atoms with van der Waals surface area (Å²) in [4.78, 5) is 22.2. The summed E-state index contributed by atoms with van der Waals surface area (Å²) in [6.45, 7) is 12.8. The maximum atomic E-state index is 12.2. The van der Waals surface area contributed by atoms with E-state index in [9.17, 15) is 4.79 Å². The highest BCUT2D eigenvalue weighted by molar-refractivity contribution is 5.92. The van der Waals surface area contributed by atoms with E-state index in [1.165, 1.54) is 33.3 Å². The number of fused-ring (bicyclic) bond motifs is 2. The van der Waals surface area contributed by atoms with E-state index < -0.39 is 0 Å².